The van der Waals surface area contributed by atoms with Crippen molar-refractivity contribution in [3.63, 3.8) is 0 Å². The first kappa shape index (κ1) is 25.6. The summed E-state index contributed by atoms with van der Waals surface area (Å²) < 4.78 is 16.2. The summed E-state index contributed by atoms with van der Waals surface area (Å²) in [6.45, 7) is 3.80. The molecule has 1 heterocycles. The van der Waals surface area contributed by atoms with Gasteiger partial charge in [0.1, 0.15) is 12.3 Å². The minimum absolute atomic E-state index is 0.164. The molecule has 0 spiro atoms. The lowest BCUT2D eigenvalue weighted by Gasteiger charge is -2.13. The second kappa shape index (κ2) is 11.9. The second-order valence-electron chi connectivity index (χ2n) is 7.17. The third kappa shape index (κ3) is 7.00. The van der Waals surface area contributed by atoms with Crippen LogP contribution >= 0.6 is 11.8 Å². The van der Waals surface area contributed by atoms with E-state index in [0.29, 0.717) is 41.7 Å². The van der Waals surface area contributed by atoms with Crippen LogP contribution in [0.3, 0.4) is 0 Å². The molecule has 2 aromatic rings. The SMILES string of the molecule is CCOc1ccc(NC(=O)CN2C(=O)S/C(=C\c3ccc(OCC(N)=O)c(OCC)c3)C2=O)cc1. The van der Waals surface area contributed by atoms with Gasteiger partial charge >= 0.3 is 0 Å². The van der Waals surface area contributed by atoms with E-state index in [-0.39, 0.29) is 11.5 Å². The maximum atomic E-state index is 12.8. The molecule has 11 heteroatoms. The fraction of sp³-hybridized carbons (Fsp3) is 0.250. The van der Waals surface area contributed by atoms with Gasteiger partial charge in [-0.2, -0.15) is 0 Å². The molecule has 1 saturated heterocycles. The normalized spacial score (nSPS) is 14.2. The summed E-state index contributed by atoms with van der Waals surface area (Å²) in [5, 5.41) is 2.11. The van der Waals surface area contributed by atoms with Gasteiger partial charge in [-0.05, 0) is 73.6 Å². The van der Waals surface area contributed by atoms with Crippen molar-refractivity contribution >= 4 is 46.5 Å². The molecule has 2 aromatic carbocycles. The van der Waals surface area contributed by atoms with Gasteiger partial charge in [-0.15, -0.1) is 0 Å². The topological polar surface area (TPSA) is 137 Å². The number of rotatable bonds is 11. The molecule has 0 bridgehead atoms. The van der Waals surface area contributed by atoms with Gasteiger partial charge < -0.3 is 25.3 Å². The Labute approximate surface area is 206 Å². The van der Waals surface area contributed by atoms with Crippen molar-refractivity contribution in [2.24, 2.45) is 5.73 Å². The molecular weight excluding hydrogens is 474 g/mol. The fourth-order valence-corrected chi connectivity index (χ4v) is 3.92. The molecule has 0 atom stereocenters. The van der Waals surface area contributed by atoms with Crippen LogP contribution in [-0.2, 0) is 14.4 Å². The lowest BCUT2D eigenvalue weighted by Crippen LogP contribution is -2.36. The number of nitrogens with two attached hydrogens (primary N) is 1. The smallest absolute Gasteiger partial charge is 0.294 e. The van der Waals surface area contributed by atoms with Gasteiger partial charge in [-0.25, -0.2) is 0 Å². The quantitative estimate of drug-likeness (QED) is 0.450. The summed E-state index contributed by atoms with van der Waals surface area (Å²) in [5.74, 6) is -0.363. The van der Waals surface area contributed by atoms with Crippen LogP contribution < -0.4 is 25.3 Å². The van der Waals surface area contributed by atoms with Crippen LogP contribution in [0.5, 0.6) is 17.2 Å². The summed E-state index contributed by atoms with van der Waals surface area (Å²) >= 11 is 0.739. The third-order valence-corrected chi connectivity index (χ3v) is 5.47. The molecule has 3 N–H and O–H groups in total. The fourth-order valence-electron chi connectivity index (χ4n) is 3.08. The average Bonchev–Trinajstić information content (AvgIpc) is 3.07. The second-order valence-corrected chi connectivity index (χ2v) is 8.16. The maximum absolute atomic E-state index is 12.8. The molecule has 0 saturated carbocycles. The number of nitrogens with zero attached hydrogens (tertiary/aromatic N) is 1. The predicted molar refractivity (Wildman–Crippen MR) is 131 cm³/mol. The predicted octanol–water partition coefficient (Wildman–Crippen LogP) is 3.02. The van der Waals surface area contributed by atoms with Gasteiger partial charge in [0.25, 0.3) is 17.1 Å². The van der Waals surface area contributed by atoms with Gasteiger partial charge in [-0.3, -0.25) is 24.1 Å². The van der Waals surface area contributed by atoms with Crippen LogP contribution in [0.1, 0.15) is 19.4 Å². The first-order valence-corrected chi connectivity index (χ1v) is 11.6. The van der Waals surface area contributed by atoms with Crippen LogP contribution in [0.25, 0.3) is 6.08 Å². The van der Waals surface area contributed by atoms with Crippen LogP contribution in [0.2, 0.25) is 0 Å². The molecule has 1 fully saturated rings. The number of carbonyl (C=O) groups excluding carboxylic acids is 4. The molecule has 0 radical (unpaired) electrons. The van der Waals surface area contributed by atoms with Crippen molar-refractivity contribution in [3.05, 3.63) is 52.9 Å². The van der Waals surface area contributed by atoms with Gasteiger partial charge in [-0.1, -0.05) is 6.07 Å². The molecule has 35 heavy (non-hydrogen) atoms. The number of benzene rings is 2. The van der Waals surface area contributed by atoms with Gasteiger partial charge in [0.15, 0.2) is 18.1 Å². The molecular formula is C24H25N3O7S. The molecule has 0 aliphatic carbocycles. The van der Waals surface area contributed by atoms with Crippen LogP contribution in [0.15, 0.2) is 47.4 Å². The standard InChI is InChI=1S/C24H25N3O7S/c1-3-32-17-8-6-16(7-9-17)26-22(29)13-27-23(30)20(35-24(27)31)12-15-5-10-18(34-14-21(25)28)19(11-15)33-4-2/h5-12H,3-4,13-14H2,1-2H3,(H2,25,28)(H,26,29)/b20-12-. The monoisotopic (exact) mass is 499 g/mol. The number of anilines is 1. The lowest BCUT2D eigenvalue weighted by molar-refractivity contribution is -0.127. The minimum Gasteiger partial charge on any atom is -0.494 e. The summed E-state index contributed by atoms with van der Waals surface area (Å²) in [6, 6.07) is 11.6. The Morgan fingerprint density at radius 1 is 1.00 bits per heavy atom. The summed E-state index contributed by atoms with van der Waals surface area (Å²) in [6.07, 6.45) is 1.52. The number of hydrogen-bond acceptors (Lipinski definition) is 8. The van der Waals surface area contributed by atoms with Crippen LogP contribution in [0.4, 0.5) is 10.5 Å². The van der Waals surface area contributed by atoms with Crippen LogP contribution in [-0.4, -0.2) is 54.2 Å². The van der Waals surface area contributed by atoms with Crippen molar-refractivity contribution in [3.8, 4) is 17.2 Å². The number of amides is 4. The van der Waals surface area contributed by atoms with Crippen molar-refractivity contribution in [1.29, 1.82) is 0 Å². The number of nitrogens with one attached hydrogen (secondary N) is 1. The van der Waals surface area contributed by atoms with Gasteiger partial charge in [0.05, 0.1) is 18.1 Å². The van der Waals surface area contributed by atoms with E-state index in [2.05, 4.69) is 5.32 Å². The number of ether oxygens (including phenoxy) is 3. The maximum Gasteiger partial charge on any atom is 0.294 e. The van der Waals surface area contributed by atoms with Gasteiger partial charge in [0.2, 0.25) is 5.91 Å². The Bertz CT molecular complexity index is 1150. The average molecular weight is 500 g/mol. The lowest BCUT2D eigenvalue weighted by atomic mass is 10.2. The highest BCUT2D eigenvalue weighted by molar-refractivity contribution is 8.18. The minimum atomic E-state index is -0.628. The molecule has 10 nitrogen and oxygen atoms in total. The van der Waals surface area contributed by atoms with E-state index in [1.807, 2.05) is 6.92 Å². The molecule has 4 amide bonds. The molecule has 184 valence electrons. The van der Waals surface area contributed by atoms with E-state index in [4.69, 9.17) is 19.9 Å². The zero-order valence-electron chi connectivity index (χ0n) is 19.2. The van der Waals surface area contributed by atoms with Crippen molar-refractivity contribution < 1.29 is 33.4 Å². The number of thioether (sulfide) groups is 1. The number of imide groups is 1. The first-order valence-electron chi connectivity index (χ1n) is 10.8. The highest BCUT2D eigenvalue weighted by Gasteiger charge is 2.36. The Kier molecular flexibility index (Phi) is 8.74. The van der Waals surface area contributed by atoms with Crippen molar-refractivity contribution in [2.75, 3.05) is 31.7 Å². The number of primary amides is 1. The summed E-state index contributed by atoms with van der Waals surface area (Å²) in [5.41, 5.74) is 6.20. The highest BCUT2D eigenvalue weighted by Crippen LogP contribution is 2.34. The summed E-state index contributed by atoms with van der Waals surface area (Å²) in [4.78, 5) is 49.7. The number of hydrogen-bond donors (Lipinski definition) is 2. The van der Waals surface area contributed by atoms with E-state index in [9.17, 15) is 19.2 Å². The molecule has 3 rings (SSSR count). The highest BCUT2D eigenvalue weighted by atomic mass is 32.2. The van der Waals surface area contributed by atoms with E-state index in [1.165, 1.54) is 6.08 Å². The number of carbonyl (C=O) groups is 4. The van der Waals surface area contributed by atoms with E-state index in [1.54, 1.807) is 49.4 Å². The first-order chi connectivity index (χ1) is 16.8. The third-order valence-electron chi connectivity index (χ3n) is 4.56. The largest absolute Gasteiger partial charge is 0.494 e. The van der Waals surface area contributed by atoms with Crippen molar-refractivity contribution in [1.82, 2.24) is 4.90 Å². The summed E-state index contributed by atoms with van der Waals surface area (Å²) in [7, 11) is 0. The molecule has 1 aliphatic rings. The molecule has 1 aliphatic heterocycles. The Morgan fingerprint density at radius 3 is 2.37 bits per heavy atom. The van der Waals surface area contributed by atoms with Gasteiger partial charge in [0, 0.05) is 5.69 Å². The Hall–Kier alpha value is -3.99. The zero-order chi connectivity index (χ0) is 25.4. The van der Waals surface area contributed by atoms with Crippen LogP contribution in [0, 0.1) is 0 Å². The van der Waals surface area contributed by atoms with E-state index < -0.39 is 29.5 Å². The van der Waals surface area contributed by atoms with E-state index >= 15 is 0 Å². The Morgan fingerprint density at radius 2 is 1.71 bits per heavy atom. The molecule has 0 aromatic heterocycles. The zero-order valence-corrected chi connectivity index (χ0v) is 20.1. The molecule has 0 unspecified atom stereocenters. The Balaban J connectivity index is 1.68. The van der Waals surface area contributed by atoms with Crippen molar-refractivity contribution in [2.45, 2.75) is 13.8 Å². The van der Waals surface area contributed by atoms with E-state index in [0.717, 1.165) is 16.7 Å².